The number of carbonyl (C=O) groups excluding carboxylic acids is 1. The van der Waals surface area contributed by atoms with Gasteiger partial charge in [0, 0.05) is 0 Å². The number of halogens is 2. The molecule has 0 radical (unpaired) electrons. The van der Waals surface area contributed by atoms with E-state index >= 15 is 0 Å². The summed E-state index contributed by atoms with van der Waals surface area (Å²) >= 11 is 0. The van der Waals surface area contributed by atoms with Gasteiger partial charge in [0.15, 0.2) is 0 Å². The van der Waals surface area contributed by atoms with Crippen molar-refractivity contribution in [1.82, 2.24) is 5.32 Å². The highest BCUT2D eigenvalue weighted by Crippen LogP contribution is 2.42. The second kappa shape index (κ2) is 3.81. The summed E-state index contributed by atoms with van der Waals surface area (Å²) in [5, 5.41) is 2.57. The van der Waals surface area contributed by atoms with Crippen LogP contribution in [0.3, 0.4) is 0 Å². The molecule has 5 heteroatoms. The van der Waals surface area contributed by atoms with E-state index in [2.05, 4.69) is 10.1 Å². The average Bonchev–Trinajstić information content (AvgIpc) is 2.10. The van der Waals surface area contributed by atoms with E-state index < -0.39 is 23.9 Å². The fourth-order valence-corrected chi connectivity index (χ4v) is 1.50. The van der Waals surface area contributed by atoms with Crippen molar-refractivity contribution in [2.24, 2.45) is 5.41 Å². The first kappa shape index (κ1) is 11.4. The minimum absolute atomic E-state index is 0.110. The number of esters is 1. The van der Waals surface area contributed by atoms with Crippen molar-refractivity contribution < 1.29 is 18.3 Å². The van der Waals surface area contributed by atoms with E-state index in [9.17, 15) is 13.6 Å². The lowest BCUT2D eigenvalue weighted by molar-refractivity contribution is -0.187. The van der Waals surface area contributed by atoms with E-state index in [1.807, 2.05) is 0 Å². The molecule has 0 aliphatic carbocycles. The molecule has 1 aliphatic rings. The van der Waals surface area contributed by atoms with Gasteiger partial charge < -0.3 is 10.1 Å². The van der Waals surface area contributed by atoms with Crippen LogP contribution in [-0.2, 0) is 9.53 Å². The molecular formula is C9H15F2NO2. The second-order valence-electron chi connectivity index (χ2n) is 3.68. The van der Waals surface area contributed by atoms with Crippen molar-refractivity contribution in [3.63, 3.8) is 0 Å². The molecule has 1 unspecified atom stereocenters. The molecule has 1 atom stereocenters. The summed E-state index contributed by atoms with van der Waals surface area (Å²) in [7, 11) is 0. The van der Waals surface area contributed by atoms with Crippen molar-refractivity contribution in [1.29, 1.82) is 0 Å². The molecule has 0 aromatic carbocycles. The zero-order valence-electron chi connectivity index (χ0n) is 8.40. The Hall–Kier alpha value is -0.710. The third kappa shape index (κ3) is 1.73. The number of alkyl halides is 2. The third-order valence-electron chi connectivity index (χ3n) is 2.68. The van der Waals surface area contributed by atoms with Crippen molar-refractivity contribution in [3.05, 3.63) is 0 Å². The predicted molar refractivity (Wildman–Crippen MR) is 47.2 cm³/mol. The first-order valence-electron chi connectivity index (χ1n) is 4.70. The van der Waals surface area contributed by atoms with Gasteiger partial charge in [-0.1, -0.05) is 0 Å². The van der Waals surface area contributed by atoms with Crippen LogP contribution in [0.15, 0.2) is 0 Å². The summed E-state index contributed by atoms with van der Waals surface area (Å²) in [6.45, 7) is 2.98. The summed E-state index contributed by atoms with van der Waals surface area (Å²) in [4.78, 5) is 11.4. The monoisotopic (exact) mass is 207 g/mol. The zero-order chi connectivity index (χ0) is 10.8. The Balaban J connectivity index is 2.83. The highest BCUT2D eigenvalue weighted by Gasteiger charge is 2.57. The minimum Gasteiger partial charge on any atom is -0.465 e. The molecule has 1 N–H and O–H groups in total. The van der Waals surface area contributed by atoms with Crippen LogP contribution in [0.4, 0.5) is 8.78 Å². The van der Waals surface area contributed by atoms with Crippen LogP contribution in [0.5, 0.6) is 0 Å². The fourth-order valence-electron chi connectivity index (χ4n) is 1.50. The number of hydrogen-bond donors (Lipinski definition) is 1. The molecule has 1 fully saturated rings. The standard InChI is InChI=1S/C9H15F2NO2/c1-3-14-7(13)8(2)4-5-12-6-9(8,10)11/h12H,3-6H2,1-2H3. The van der Waals surface area contributed by atoms with E-state index in [0.29, 0.717) is 6.54 Å². The molecular weight excluding hydrogens is 192 g/mol. The van der Waals surface area contributed by atoms with Gasteiger partial charge in [-0.3, -0.25) is 4.79 Å². The fraction of sp³-hybridized carbons (Fsp3) is 0.889. The van der Waals surface area contributed by atoms with Gasteiger partial charge in [-0.2, -0.15) is 0 Å². The Morgan fingerprint density at radius 2 is 2.21 bits per heavy atom. The topological polar surface area (TPSA) is 38.3 Å². The maximum Gasteiger partial charge on any atom is 0.318 e. The Bertz CT molecular complexity index is 233. The average molecular weight is 207 g/mol. The number of hydrogen-bond acceptors (Lipinski definition) is 3. The zero-order valence-corrected chi connectivity index (χ0v) is 8.40. The van der Waals surface area contributed by atoms with E-state index in [1.54, 1.807) is 6.92 Å². The van der Waals surface area contributed by atoms with Gasteiger partial charge in [0.05, 0.1) is 13.2 Å². The van der Waals surface area contributed by atoms with Crippen LogP contribution in [0, 0.1) is 5.41 Å². The van der Waals surface area contributed by atoms with Crippen LogP contribution >= 0.6 is 0 Å². The first-order chi connectivity index (χ1) is 6.44. The Kier molecular flexibility index (Phi) is 3.09. The Morgan fingerprint density at radius 3 is 2.71 bits per heavy atom. The molecule has 82 valence electrons. The van der Waals surface area contributed by atoms with Crippen molar-refractivity contribution in [2.45, 2.75) is 26.2 Å². The smallest absolute Gasteiger partial charge is 0.318 e. The number of piperidine rings is 1. The van der Waals surface area contributed by atoms with Gasteiger partial charge in [0.25, 0.3) is 5.92 Å². The molecule has 0 spiro atoms. The molecule has 1 heterocycles. The number of rotatable bonds is 2. The molecule has 1 saturated heterocycles. The van der Waals surface area contributed by atoms with Crippen LogP contribution in [0.2, 0.25) is 0 Å². The van der Waals surface area contributed by atoms with Gasteiger partial charge >= 0.3 is 5.97 Å². The van der Waals surface area contributed by atoms with E-state index in [1.165, 1.54) is 6.92 Å². The normalized spacial score (nSPS) is 31.1. The molecule has 0 saturated carbocycles. The molecule has 14 heavy (non-hydrogen) atoms. The lowest BCUT2D eigenvalue weighted by Crippen LogP contribution is -2.57. The quantitative estimate of drug-likeness (QED) is 0.691. The summed E-state index contributed by atoms with van der Waals surface area (Å²) in [5.74, 6) is -3.83. The minimum atomic E-state index is -3.03. The van der Waals surface area contributed by atoms with Gasteiger partial charge in [-0.05, 0) is 26.8 Å². The van der Waals surface area contributed by atoms with Crippen LogP contribution in [0.1, 0.15) is 20.3 Å². The highest BCUT2D eigenvalue weighted by atomic mass is 19.3. The molecule has 0 amide bonds. The Morgan fingerprint density at radius 1 is 1.57 bits per heavy atom. The Labute approximate surface area is 81.8 Å². The van der Waals surface area contributed by atoms with Crippen molar-refractivity contribution >= 4 is 5.97 Å². The van der Waals surface area contributed by atoms with E-state index in [4.69, 9.17) is 0 Å². The summed E-state index contributed by atoms with van der Waals surface area (Å²) in [5.41, 5.74) is -1.67. The molecule has 0 aromatic heterocycles. The van der Waals surface area contributed by atoms with E-state index in [0.717, 1.165) is 0 Å². The first-order valence-corrected chi connectivity index (χ1v) is 4.70. The van der Waals surface area contributed by atoms with Crippen LogP contribution in [-0.4, -0.2) is 31.6 Å². The molecule has 0 aromatic rings. The molecule has 1 aliphatic heterocycles. The summed E-state index contributed by atoms with van der Waals surface area (Å²) < 4.78 is 31.6. The highest BCUT2D eigenvalue weighted by molar-refractivity contribution is 5.78. The maximum absolute atomic E-state index is 13.5. The van der Waals surface area contributed by atoms with Gasteiger partial charge in [-0.25, -0.2) is 8.78 Å². The van der Waals surface area contributed by atoms with Crippen LogP contribution < -0.4 is 5.32 Å². The van der Waals surface area contributed by atoms with Gasteiger partial charge in [-0.15, -0.1) is 0 Å². The molecule has 1 rings (SSSR count). The van der Waals surface area contributed by atoms with Gasteiger partial charge in [0.1, 0.15) is 5.41 Å². The summed E-state index contributed by atoms with van der Waals surface area (Å²) in [6.07, 6.45) is 0.110. The lowest BCUT2D eigenvalue weighted by Gasteiger charge is -2.38. The number of nitrogens with one attached hydrogen (secondary N) is 1. The third-order valence-corrected chi connectivity index (χ3v) is 2.68. The molecule has 0 bridgehead atoms. The van der Waals surface area contributed by atoms with Gasteiger partial charge in [0.2, 0.25) is 0 Å². The lowest BCUT2D eigenvalue weighted by atomic mass is 9.77. The van der Waals surface area contributed by atoms with Crippen LogP contribution in [0.25, 0.3) is 0 Å². The summed E-state index contributed by atoms with van der Waals surface area (Å²) in [6, 6.07) is 0. The SMILES string of the molecule is CCOC(=O)C1(C)CCNCC1(F)F. The second-order valence-corrected chi connectivity index (χ2v) is 3.68. The predicted octanol–water partition coefficient (Wildman–Crippen LogP) is 1.18. The number of carbonyl (C=O) groups is 1. The van der Waals surface area contributed by atoms with Crippen molar-refractivity contribution in [3.8, 4) is 0 Å². The number of ether oxygens (including phenoxy) is 1. The maximum atomic E-state index is 13.5. The van der Waals surface area contributed by atoms with E-state index in [-0.39, 0.29) is 13.0 Å². The largest absolute Gasteiger partial charge is 0.465 e. The van der Waals surface area contributed by atoms with Crippen molar-refractivity contribution in [2.75, 3.05) is 19.7 Å². The molecule has 3 nitrogen and oxygen atoms in total.